The molecule has 2 heterocycles. The van der Waals surface area contributed by atoms with E-state index < -0.39 is 0 Å². The van der Waals surface area contributed by atoms with Crippen LogP contribution in [0.4, 0.5) is 10.2 Å². The number of hydrogen-bond donors (Lipinski definition) is 1. The molecule has 28 heavy (non-hydrogen) atoms. The topological polar surface area (TPSA) is 72.1 Å². The van der Waals surface area contributed by atoms with Crippen LogP contribution >= 0.6 is 0 Å². The molecule has 3 aromatic rings. The number of aryl methyl sites for hydroxylation is 1. The first kappa shape index (κ1) is 17.8. The highest BCUT2D eigenvalue weighted by Crippen LogP contribution is 2.39. The maximum absolute atomic E-state index is 13.4. The number of nitrogens with two attached hydrogens (primary N) is 1. The Morgan fingerprint density at radius 2 is 1.71 bits per heavy atom. The number of hydrogen-bond acceptors (Lipinski definition) is 4. The largest absolute Gasteiger partial charge is 0.493 e. The average Bonchev–Trinajstić information content (AvgIpc) is 2.72. The summed E-state index contributed by atoms with van der Waals surface area (Å²) < 4.78 is 26.2. The van der Waals surface area contributed by atoms with Gasteiger partial charge in [0.2, 0.25) is 0 Å². The zero-order valence-corrected chi connectivity index (χ0v) is 15.6. The number of pyridine rings is 1. The van der Waals surface area contributed by atoms with Crippen molar-refractivity contribution in [2.24, 2.45) is 0 Å². The molecule has 2 aromatic carbocycles. The van der Waals surface area contributed by atoms with Gasteiger partial charge >= 0.3 is 0 Å². The van der Waals surface area contributed by atoms with Crippen LogP contribution in [0.2, 0.25) is 0 Å². The van der Waals surface area contributed by atoms with Crippen LogP contribution in [0.3, 0.4) is 0 Å². The average molecular weight is 376 g/mol. The van der Waals surface area contributed by atoms with E-state index in [9.17, 15) is 9.65 Å². The van der Waals surface area contributed by atoms with Crippen molar-refractivity contribution in [3.8, 4) is 40.0 Å². The summed E-state index contributed by atoms with van der Waals surface area (Å²) in [4.78, 5) is 0. The molecule has 0 bridgehead atoms. The van der Waals surface area contributed by atoms with Crippen molar-refractivity contribution in [2.75, 3.05) is 20.0 Å². The lowest BCUT2D eigenvalue weighted by atomic mass is 9.92. The van der Waals surface area contributed by atoms with Crippen LogP contribution in [0, 0.1) is 17.1 Å². The molecule has 0 saturated carbocycles. The molecule has 0 spiro atoms. The van der Waals surface area contributed by atoms with Crippen LogP contribution in [0.15, 0.2) is 42.5 Å². The van der Waals surface area contributed by atoms with Crippen molar-refractivity contribution < 1.29 is 18.4 Å². The van der Waals surface area contributed by atoms with Crippen LogP contribution in [-0.4, -0.2) is 14.2 Å². The first-order valence-corrected chi connectivity index (χ1v) is 8.85. The number of nitrogens with zero attached hydrogens (tertiary/aromatic N) is 2. The summed E-state index contributed by atoms with van der Waals surface area (Å²) in [6, 6.07) is 14.1. The van der Waals surface area contributed by atoms with Gasteiger partial charge < -0.3 is 9.47 Å². The van der Waals surface area contributed by atoms with Gasteiger partial charge in [0.1, 0.15) is 23.1 Å². The minimum absolute atomic E-state index is 0.329. The van der Waals surface area contributed by atoms with Crippen molar-refractivity contribution in [3.63, 3.8) is 0 Å². The van der Waals surface area contributed by atoms with Crippen LogP contribution in [0.1, 0.15) is 11.1 Å². The quantitative estimate of drug-likeness (QED) is 0.711. The molecule has 1 aliphatic rings. The molecule has 0 saturated heterocycles. The molecule has 0 radical (unpaired) electrons. The zero-order valence-electron chi connectivity index (χ0n) is 15.6. The number of ether oxygens (including phenoxy) is 2. The highest BCUT2D eigenvalue weighted by Gasteiger charge is 2.28. The fraction of sp³-hybridized carbons (Fsp3) is 0.182. The van der Waals surface area contributed by atoms with E-state index in [1.807, 2.05) is 22.8 Å². The molecule has 0 unspecified atom stereocenters. The first-order chi connectivity index (χ1) is 13.6. The number of benzene rings is 2. The van der Waals surface area contributed by atoms with E-state index in [4.69, 9.17) is 15.2 Å². The minimum Gasteiger partial charge on any atom is -0.493 e. The number of halogens is 1. The van der Waals surface area contributed by atoms with Crippen LogP contribution in [0.5, 0.6) is 11.5 Å². The van der Waals surface area contributed by atoms with Gasteiger partial charge in [-0.05, 0) is 41.5 Å². The molecule has 4 rings (SSSR count). The van der Waals surface area contributed by atoms with Gasteiger partial charge in [0.05, 0.1) is 20.8 Å². The normalized spacial score (nSPS) is 11.9. The lowest BCUT2D eigenvalue weighted by Crippen LogP contribution is -2.44. The van der Waals surface area contributed by atoms with E-state index in [1.54, 1.807) is 26.4 Å². The molecule has 6 heteroatoms. The Morgan fingerprint density at radius 3 is 2.36 bits per heavy atom. The summed E-state index contributed by atoms with van der Waals surface area (Å²) in [6.45, 7) is 0.655. The summed E-state index contributed by atoms with van der Waals surface area (Å²) in [6.07, 6.45) is 0.762. The maximum Gasteiger partial charge on any atom is 0.291 e. The van der Waals surface area contributed by atoms with Gasteiger partial charge in [-0.2, -0.15) is 5.26 Å². The number of fused-ring (bicyclic) bond motifs is 3. The summed E-state index contributed by atoms with van der Waals surface area (Å²) >= 11 is 0. The fourth-order valence-electron chi connectivity index (χ4n) is 3.73. The SMILES string of the molecule is COc1cc2c(cc1OC)-c1cc(-c3ccc(F)cc3)c(C#N)c(N)[n+]1CC2. The summed E-state index contributed by atoms with van der Waals surface area (Å²) in [5, 5.41) is 9.71. The van der Waals surface area contributed by atoms with Gasteiger partial charge in [-0.25, -0.2) is 8.96 Å². The van der Waals surface area contributed by atoms with E-state index in [0.717, 1.165) is 28.8 Å². The lowest BCUT2D eigenvalue weighted by molar-refractivity contribution is -0.673. The maximum atomic E-state index is 13.4. The monoisotopic (exact) mass is 376 g/mol. The van der Waals surface area contributed by atoms with Gasteiger partial charge in [0.25, 0.3) is 5.82 Å². The number of aromatic nitrogens is 1. The van der Waals surface area contributed by atoms with E-state index in [2.05, 4.69) is 6.07 Å². The van der Waals surface area contributed by atoms with Crippen molar-refractivity contribution >= 4 is 5.82 Å². The second kappa shape index (κ2) is 6.86. The summed E-state index contributed by atoms with van der Waals surface area (Å²) in [7, 11) is 3.21. The van der Waals surface area contributed by atoms with Gasteiger partial charge in [-0.15, -0.1) is 0 Å². The van der Waals surface area contributed by atoms with Gasteiger partial charge in [0.15, 0.2) is 11.5 Å². The molecule has 140 valence electrons. The zero-order chi connectivity index (χ0) is 19.8. The Labute approximate surface area is 162 Å². The minimum atomic E-state index is -0.329. The third kappa shape index (κ3) is 2.72. The molecule has 0 fully saturated rings. The predicted octanol–water partition coefficient (Wildman–Crippen LogP) is 3.47. The van der Waals surface area contributed by atoms with Gasteiger partial charge in [-0.3, -0.25) is 5.73 Å². The number of nitrogen functional groups attached to an aromatic ring is 1. The molecular weight excluding hydrogens is 357 g/mol. The lowest BCUT2D eigenvalue weighted by Gasteiger charge is -2.22. The molecule has 0 aliphatic carbocycles. The van der Waals surface area contributed by atoms with Crippen molar-refractivity contribution in [1.82, 2.24) is 0 Å². The van der Waals surface area contributed by atoms with Crippen molar-refractivity contribution in [2.45, 2.75) is 13.0 Å². The van der Waals surface area contributed by atoms with Gasteiger partial charge in [0, 0.05) is 17.5 Å². The smallest absolute Gasteiger partial charge is 0.291 e. The number of anilines is 1. The second-order valence-electron chi connectivity index (χ2n) is 6.59. The Morgan fingerprint density at radius 1 is 1.04 bits per heavy atom. The predicted molar refractivity (Wildman–Crippen MR) is 103 cm³/mol. The Bertz CT molecular complexity index is 1120. The van der Waals surface area contributed by atoms with Gasteiger partial charge in [-0.1, -0.05) is 12.1 Å². The molecule has 1 aromatic heterocycles. The Kier molecular flexibility index (Phi) is 4.36. The number of methoxy groups -OCH3 is 2. The van der Waals surface area contributed by atoms with Crippen molar-refractivity contribution in [1.29, 1.82) is 5.26 Å². The summed E-state index contributed by atoms with van der Waals surface area (Å²) in [5.41, 5.74) is 11.2. The molecule has 1 aliphatic heterocycles. The molecule has 0 amide bonds. The molecule has 2 N–H and O–H groups in total. The Hall–Kier alpha value is -3.59. The van der Waals surface area contributed by atoms with E-state index in [1.165, 1.54) is 12.1 Å². The van der Waals surface area contributed by atoms with E-state index >= 15 is 0 Å². The molecular formula is C22H19FN3O2+. The third-order valence-corrected chi connectivity index (χ3v) is 5.15. The molecule has 0 atom stereocenters. The van der Waals surface area contributed by atoms with E-state index in [0.29, 0.717) is 35.0 Å². The Balaban J connectivity index is 1.99. The van der Waals surface area contributed by atoms with E-state index in [-0.39, 0.29) is 5.82 Å². The second-order valence-corrected chi connectivity index (χ2v) is 6.59. The summed E-state index contributed by atoms with van der Waals surface area (Å²) in [5.74, 6) is 1.38. The van der Waals surface area contributed by atoms with Crippen LogP contribution in [-0.2, 0) is 13.0 Å². The van der Waals surface area contributed by atoms with Crippen LogP contribution in [0.25, 0.3) is 22.4 Å². The highest BCUT2D eigenvalue weighted by atomic mass is 19.1. The number of nitriles is 1. The highest BCUT2D eigenvalue weighted by molar-refractivity contribution is 5.79. The standard InChI is InChI=1S/C22H18FN3O2/c1-27-20-9-14-7-8-26-19(17(14)11-21(20)28-2)10-16(18(12-24)22(26)25)13-3-5-15(23)6-4-13/h3-6,9-11,25H,7-8H2,1-2H3/p+1. The first-order valence-electron chi connectivity index (χ1n) is 8.85. The fourth-order valence-corrected chi connectivity index (χ4v) is 3.73. The van der Waals surface area contributed by atoms with Crippen LogP contribution < -0.4 is 19.8 Å². The number of rotatable bonds is 3. The molecule has 5 nitrogen and oxygen atoms in total. The third-order valence-electron chi connectivity index (χ3n) is 5.15. The van der Waals surface area contributed by atoms with Crippen molar-refractivity contribution in [3.05, 3.63) is 59.4 Å².